The summed E-state index contributed by atoms with van der Waals surface area (Å²) in [6.45, 7) is 5.33. The number of amides is 1. The van der Waals surface area contributed by atoms with Crippen molar-refractivity contribution >= 4 is 17.5 Å². The Hall–Kier alpha value is -1.91. The summed E-state index contributed by atoms with van der Waals surface area (Å²) in [6, 6.07) is 4.40. The van der Waals surface area contributed by atoms with Gasteiger partial charge >= 0.3 is 6.09 Å². The molecule has 1 rings (SSSR count). The highest BCUT2D eigenvalue weighted by atomic mass is 16.6. The normalized spacial score (nSPS) is 10.9. The number of nitrogen functional groups attached to an aromatic ring is 1. The summed E-state index contributed by atoms with van der Waals surface area (Å²) in [4.78, 5) is 11.4. The number of ether oxygens (including phenoxy) is 1. The van der Waals surface area contributed by atoms with Gasteiger partial charge in [-0.25, -0.2) is 4.79 Å². The van der Waals surface area contributed by atoms with Crippen LogP contribution >= 0.6 is 0 Å². The number of phenolic OH excluding ortho intramolecular Hbond substituents is 1. The van der Waals surface area contributed by atoms with E-state index < -0.39 is 11.7 Å². The predicted molar refractivity (Wildman–Crippen MR) is 62.4 cm³/mol. The van der Waals surface area contributed by atoms with E-state index in [0.29, 0.717) is 5.69 Å². The highest BCUT2D eigenvalue weighted by molar-refractivity contribution is 5.86. The zero-order valence-corrected chi connectivity index (χ0v) is 9.57. The van der Waals surface area contributed by atoms with Crippen molar-refractivity contribution < 1.29 is 14.6 Å². The summed E-state index contributed by atoms with van der Waals surface area (Å²) >= 11 is 0. The van der Waals surface area contributed by atoms with Crippen molar-refractivity contribution in [2.75, 3.05) is 11.1 Å². The summed E-state index contributed by atoms with van der Waals surface area (Å²) in [5.74, 6) is -0.0188. The zero-order chi connectivity index (χ0) is 12.3. The topological polar surface area (TPSA) is 84.6 Å². The smallest absolute Gasteiger partial charge is 0.412 e. The van der Waals surface area contributed by atoms with Crippen LogP contribution in [0.4, 0.5) is 16.2 Å². The van der Waals surface area contributed by atoms with E-state index in [1.54, 1.807) is 20.8 Å². The quantitative estimate of drug-likeness (QED) is 0.388. The average Bonchev–Trinajstić information content (AvgIpc) is 2.08. The molecule has 5 heteroatoms. The second-order valence-corrected chi connectivity index (χ2v) is 4.40. The van der Waals surface area contributed by atoms with Crippen molar-refractivity contribution in [2.45, 2.75) is 26.4 Å². The number of rotatable bonds is 1. The number of carbonyl (C=O) groups excluding carboxylic acids is 1. The molecule has 1 aromatic carbocycles. The van der Waals surface area contributed by atoms with Crippen molar-refractivity contribution in [1.29, 1.82) is 0 Å². The van der Waals surface area contributed by atoms with E-state index in [4.69, 9.17) is 10.5 Å². The van der Waals surface area contributed by atoms with Crippen LogP contribution in [-0.2, 0) is 4.74 Å². The molecule has 0 fully saturated rings. The maximum atomic E-state index is 11.4. The summed E-state index contributed by atoms with van der Waals surface area (Å²) in [5, 5.41) is 11.7. The molecule has 4 N–H and O–H groups in total. The van der Waals surface area contributed by atoms with Crippen molar-refractivity contribution in [2.24, 2.45) is 0 Å². The van der Waals surface area contributed by atoms with Gasteiger partial charge in [-0.15, -0.1) is 0 Å². The Morgan fingerprint density at radius 2 is 2.06 bits per heavy atom. The molecule has 0 atom stereocenters. The number of nitrogens with two attached hydrogens (primary N) is 1. The van der Waals surface area contributed by atoms with Crippen molar-refractivity contribution in [3.63, 3.8) is 0 Å². The lowest BCUT2D eigenvalue weighted by Gasteiger charge is -2.19. The molecule has 0 aliphatic rings. The second kappa shape index (κ2) is 4.30. The van der Waals surface area contributed by atoms with Crippen molar-refractivity contribution in [3.8, 4) is 5.75 Å². The van der Waals surface area contributed by atoms with Crippen LogP contribution in [0.3, 0.4) is 0 Å². The van der Waals surface area contributed by atoms with E-state index in [9.17, 15) is 9.90 Å². The van der Waals surface area contributed by atoms with Crippen LogP contribution in [0.5, 0.6) is 5.75 Å². The number of anilines is 2. The van der Waals surface area contributed by atoms with Gasteiger partial charge < -0.3 is 15.6 Å². The van der Waals surface area contributed by atoms with Crippen LogP contribution in [0.1, 0.15) is 20.8 Å². The van der Waals surface area contributed by atoms with Crippen LogP contribution in [0.2, 0.25) is 0 Å². The Labute approximate surface area is 94.2 Å². The van der Waals surface area contributed by atoms with Crippen LogP contribution in [0, 0.1) is 0 Å². The maximum Gasteiger partial charge on any atom is 0.412 e. The fourth-order valence-corrected chi connectivity index (χ4v) is 1.05. The lowest BCUT2D eigenvalue weighted by Crippen LogP contribution is -2.27. The van der Waals surface area contributed by atoms with E-state index in [0.717, 1.165) is 0 Å². The summed E-state index contributed by atoms with van der Waals surface area (Å²) < 4.78 is 5.06. The Morgan fingerprint density at radius 1 is 1.44 bits per heavy atom. The molecule has 1 amide bonds. The number of hydrogen-bond acceptors (Lipinski definition) is 4. The second-order valence-electron chi connectivity index (χ2n) is 4.40. The number of phenols is 1. The van der Waals surface area contributed by atoms with Crippen LogP contribution in [-0.4, -0.2) is 16.8 Å². The molecule has 0 radical (unpaired) electrons. The third kappa shape index (κ3) is 3.68. The van der Waals surface area contributed by atoms with Gasteiger partial charge in [0.15, 0.2) is 0 Å². The van der Waals surface area contributed by atoms with Gasteiger partial charge in [0.2, 0.25) is 0 Å². The average molecular weight is 224 g/mol. The summed E-state index contributed by atoms with van der Waals surface area (Å²) in [6.07, 6.45) is -0.558. The number of benzene rings is 1. The maximum absolute atomic E-state index is 11.4. The first-order valence-corrected chi connectivity index (χ1v) is 4.86. The van der Waals surface area contributed by atoms with Gasteiger partial charge in [-0.3, -0.25) is 5.32 Å². The predicted octanol–water partition coefficient (Wildman–Crippen LogP) is 2.32. The fraction of sp³-hybridized carbons (Fsp3) is 0.364. The van der Waals surface area contributed by atoms with E-state index in [1.807, 2.05) is 0 Å². The molecule has 0 aliphatic carbocycles. The van der Waals surface area contributed by atoms with Crippen LogP contribution < -0.4 is 11.1 Å². The molecular weight excluding hydrogens is 208 g/mol. The third-order valence-electron chi connectivity index (χ3n) is 1.67. The molecule has 5 nitrogen and oxygen atoms in total. The number of nitrogens with one attached hydrogen (secondary N) is 1. The Balaban J connectivity index is 2.67. The van der Waals surface area contributed by atoms with Gasteiger partial charge in [0.25, 0.3) is 0 Å². The van der Waals surface area contributed by atoms with E-state index in [-0.39, 0.29) is 11.4 Å². The molecule has 0 heterocycles. The molecular formula is C11H16N2O3. The van der Waals surface area contributed by atoms with Crippen LogP contribution in [0.25, 0.3) is 0 Å². The SMILES string of the molecule is CC(C)(C)OC(=O)Nc1ccc(O)c(N)c1. The molecule has 0 unspecified atom stereocenters. The molecule has 88 valence electrons. The first-order chi connectivity index (χ1) is 7.28. The van der Waals surface area contributed by atoms with Crippen LogP contribution in [0.15, 0.2) is 18.2 Å². The Morgan fingerprint density at radius 3 is 2.56 bits per heavy atom. The lowest BCUT2D eigenvalue weighted by atomic mass is 10.2. The van der Waals surface area contributed by atoms with Gasteiger partial charge in [-0.05, 0) is 39.0 Å². The molecule has 0 bridgehead atoms. The molecule has 0 saturated heterocycles. The first kappa shape index (κ1) is 12.2. The number of aromatic hydroxyl groups is 1. The number of carbonyl (C=O) groups is 1. The van der Waals surface area contributed by atoms with Gasteiger partial charge in [0.05, 0.1) is 5.69 Å². The largest absolute Gasteiger partial charge is 0.506 e. The van der Waals surface area contributed by atoms with E-state index in [2.05, 4.69) is 5.32 Å². The molecule has 16 heavy (non-hydrogen) atoms. The van der Waals surface area contributed by atoms with E-state index in [1.165, 1.54) is 18.2 Å². The highest BCUT2D eigenvalue weighted by Crippen LogP contribution is 2.23. The minimum Gasteiger partial charge on any atom is -0.506 e. The summed E-state index contributed by atoms with van der Waals surface area (Å²) in [5.41, 5.74) is 5.61. The van der Waals surface area contributed by atoms with Gasteiger partial charge in [-0.2, -0.15) is 0 Å². The van der Waals surface area contributed by atoms with Gasteiger partial charge in [-0.1, -0.05) is 0 Å². The summed E-state index contributed by atoms with van der Waals surface area (Å²) in [7, 11) is 0. The Bertz CT molecular complexity index is 397. The minimum atomic E-state index is -0.558. The monoisotopic (exact) mass is 224 g/mol. The molecule has 0 spiro atoms. The molecule has 1 aromatic rings. The zero-order valence-electron chi connectivity index (χ0n) is 9.57. The van der Waals surface area contributed by atoms with Gasteiger partial charge in [0, 0.05) is 5.69 Å². The fourth-order valence-electron chi connectivity index (χ4n) is 1.05. The van der Waals surface area contributed by atoms with Crippen molar-refractivity contribution in [3.05, 3.63) is 18.2 Å². The first-order valence-electron chi connectivity index (χ1n) is 4.86. The Kier molecular flexibility index (Phi) is 3.27. The minimum absolute atomic E-state index is 0.0188. The lowest BCUT2D eigenvalue weighted by molar-refractivity contribution is 0.0636. The molecule has 0 saturated carbocycles. The van der Waals surface area contributed by atoms with Crippen molar-refractivity contribution in [1.82, 2.24) is 0 Å². The standard InChI is InChI=1S/C11H16N2O3/c1-11(2,3)16-10(15)13-7-4-5-9(14)8(12)6-7/h4-6,14H,12H2,1-3H3,(H,13,15). The molecule has 0 aromatic heterocycles. The number of hydrogen-bond donors (Lipinski definition) is 3. The van der Waals surface area contributed by atoms with E-state index >= 15 is 0 Å². The highest BCUT2D eigenvalue weighted by Gasteiger charge is 2.16. The van der Waals surface area contributed by atoms with Gasteiger partial charge in [0.1, 0.15) is 11.4 Å². The third-order valence-corrected chi connectivity index (χ3v) is 1.67. The molecule has 0 aliphatic heterocycles.